The standard InChI is InChI=1S/C52H51F6NO5Si/c1-5-14-32(25-33-22-23-44(60)41-20-13-12-19-40(33)41)21-24-45-46-34(30-64-65(50(2,3)4,38-15-8-6-9-16-38)39-17-10-7-11-18-39)26-42-47(43(46)31-63-45)49(62)59(48(42)61)37-28-35(51(53,54)55)27-36(29-37)52(56,57)58/h6-13,15-20,22-23,25,27-29,42-43,45,47,60H,5,14,21,24,26,30-31H2,1-4H3/b32-25+/t42-,43+,45-,47-/m1/s1. The van der Waals surface area contributed by atoms with Crippen LogP contribution in [0.2, 0.25) is 5.04 Å². The van der Waals surface area contributed by atoms with E-state index in [1.165, 1.54) is 0 Å². The molecule has 65 heavy (non-hydrogen) atoms. The Hall–Kier alpha value is -5.50. The van der Waals surface area contributed by atoms with Crippen molar-refractivity contribution in [1.82, 2.24) is 0 Å². The summed E-state index contributed by atoms with van der Waals surface area (Å²) in [5, 5.41) is 13.8. The third kappa shape index (κ3) is 8.70. The van der Waals surface area contributed by atoms with E-state index < -0.39 is 78.2 Å². The summed E-state index contributed by atoms with van der Waals surface area (Å²) in [4.78, 5) is 29.6. The first-order valence-electron chi connectivity index (χ1n) is 22.0. The zero-order chi connectivity index (χ0) is 46.5. The van der Waals surface area contributed by atoms with Crippen LogP contribution in [0.15, 0.2) is 132 Å². The van der Waals surface area contributed by atoms with Crippen molar-refractivity contribution in [3.8, 4) is 5.75 Å². The van der Waals surface area contributed by atoms with Gasteiger partial charge in [-0.2, -0.15) is 26.3 Å². The Labute approximate surface area is 375 Å². The number of aromatic hydroxyl groups is 1. The number of carbonyl (C=O) groups is 2. The third-order valence-electron chi connectivity index (χ3n) is 13.3. The van der Waals surface area contributed by atoms with Gasteiger partial charge in [0.1, 0.15) is 5.75 Å². The number of phenols is 1. The minimum atomic E-state index is -5.18. The van der Waals surface area contributed by atoms with Crippen molar-refractivity contribution in [2.75, 3.05) is 18.1 Å². The van der Waals surface area contributed by atoms with Crippen LogP contribution in [0.4, 0.5) is 32.0 Å². The maximum absolute atomic E-state index is 14.5. The van der Waals surface area contributed by atoms with Gasteiger partial charge in [0.15, 0.2) is 0 Å². The molecular formula is C52H51F6NO5Si. The molecule has 1 N–H and O–H groups in total. The quantitative estimate of drug-likeness (QED) is 0.0584. The summed E-state index contributed by atoms with van der Waals surface area (Å²) >= 11 is 0. The van der Waals surface area contributed by atoms with Crippen molar-refractivity contribution in [3.05, 3.63) is 149 Å². The van der Waals surface area contributed by atoms with Crippen LogP contribution >= 0.6 is 0 Å². The Balaban J connectivity index is 1.20. The Morgan fingerprint density at radius 2 is 1.35 bits per heavy atom. The van der Waals surface area contributed by atoms with Crippen LogP contribution < -0.4 is 15.3 Å². The van der Waals surface area contributed by atoms with Crippen molar-refractivity contribution in [2.24, 2.45) is 17.8 Å². The van der Waals surface area contributed by atoms with Gasteiger partial charge < -0.3 is 14.3 Å². The van der Waals surface area contributed by atoms with Crippen LogP contribution in [-0.2, 0) is 31.1 Å². The molecule has 2 amide bonds. The topological polar surface area (TPSA) is 76.1 Å². The van der Waals surface area contributed by atoms with Crippen LogP contribution in [-0.4, -0.2) is 44.6 Å². The molecule has 340 valence electrons. The Morgan fingerprint density at radius 1 is 0.769 bits per heavy atom. The lowest BCUT2D eigenvalue weighted by molar-refractivity contribution is -0.143. The smallest absolute Gasteiger partial charge is 0.416 e. The van der Waals surface area contributed by atoms with Gasteiger partial charge in [-0.25, -0.2) is 4.90 Å². The van der Waals surface area contributed by atoms with E-state index in [9.17, 15) is 41.0 Å². The second-order valence-corrected chi connectivity index (χ2v) is 22.7. The van der Waals surface area contributed by atoms with Crippen molar-refractivity contribution < 1.29 is 50.2 Å². The van der Waals surface area contributed by atoms with Crippen molar-refractivity contribution in [1.29, 1.82) is 0 Å². The van der Waals surface area contributed by atoms with Gasteiger partial charge >= 0.3 is 12.4 Å². The van der Waals surface area contributed by atoms with E-state index in [0.717, 1.165) is 56.3 Å². The molecule has 2 fully saturated rings. The number of alkyl halides is 6. The summed E-state index contributed by atoms with van der Waals surface area (Å²) in [5.41, 5.74) is -0.357. The fourth-order valence-electron chi connectivity index (χ4n) is 10.4. The fourth-order valence-corrected chi connectivity index (χ4v) is 15.0. The lowest BCUT2D eigenvalue weighted by atomic mass is 9.69. The Kier molecular flexibility index (Phi) is 12.5. The number of imide groups is 1. The number of fused-ring (bicyclic) bond motifs is 4. The molecule has 2 saturated heterocycles. The second kappa shape index (κ2) is 17.7. The van der Waals surface area contributed by atoms with E-state index >= 15 is 0 Å². The number of phenolic OH excluding ortho intramolecular Hbond substituents is 1. The van der Waals surface area contributed by atoms with Gasteiger partial charge in [-0.05, 0) is 87.5 Å². The minimum Gasteiger partial charge on any atom is -0.507 e. The van der Waals surface area contributed by atoms with Gasteiger partial charge in [0, 0.05) is 11.3 Å². The van der Waals surface area contributed by atoms with Crippen LogP contribution in [0.25, 0.3) is 16.8 Å². The molecule has 4 atom stereocenters. The van der Waals surface area contributed by atoms with Crippen LogP contribution in [0, 0.1) is 17.8 Å². The molecule has 0 radical (unpaired) electrons. The molecule has 5 aromatic rings. The average molecular weight is 912 g/mol. The molecule has 2 aliphatic heterocycles. The van der Waals surface area contributed by atoms with Gasteiger partial charge in [0.2, 0.25) is 11.8 Å². The van der Waals surface area contributed by atoms with E-state index in [0.29, 0.717) is 29.9 Å². The molecule has 5 aromatic carbocycles. The average Bonchev–Trinajstić information content (AvgIpc) is 3.80. The number of amides is 2. The molecule has 2 heterocycles. The first-order chi connectivity index (χ1) is 30.8. The summed E-state index contributed by atoms with van der Waals surface area (Å²) < 4.78 is 98.4. The summed E-state index contributed by atoms with van der Waals surface area (Å²) in [5.74, 6) is -4.34. The highest BCUT2D eigenvalue weighted by atomic mass is 28.4. The number of ether oxygens (including phenoxy) is 1. The number of benzene rings is 5. The Bertz CT molecular complexity index is 2580. The molecule has 8 rings (SSSR count). The number of rotatable bonds is 12. The molecule has 0 aromatic heterocycles. The molecule has 13 heteroatoms. The van der Waals surface area contributed by atoms with E-state index in [-0.39, 0.29) is 31.5 Å². The van der Waals surface area contributed by atoms with Gasteiger partial charge in [-0.15, -0.1) is 0 Å². The molecule has 3 aliphatic rings. The predicted octanol–water partition coefficient (Wildman–Crippen LogP) is 11.6. The molecule has 6 nitrogen and oxygen atoms in total. The lowest BCUT2D eigenvalue weighted by Gasteiger charge is -2.44. The molecule has 0 spiro atoms. The highest BCUT2D eigenvalue weighted by Gasteiger charge is 2.58. The summed E-state index contributed by atoms with van der Waals surface area (Å²) in [6, 6.07) is 32.0. The highest BCUT2D eigenvalue weighted by molar-refractivity contribution is 6.99. The number of allylic oxidation sites excluding steroid dienone is 1. The van der Waals surface area contributed by atoms with Gasteiger partial charge in [0.25, 0.3) is 8.32 Å². The number of hydrogen-bond donors (Lipinski definition) is 1. The van der Waals surface area contributed by atoms with Gasteiger partial charge in [-0.1, -0.05) is 137 Å². The van der Waals surface area contributed by atoms with E-state index in [1.54, 1.807) is 6.07 Å². The van der Waals surface area contributed by atoms with Crippen molar-refractivity contribution in [3.63, 3.8) is 0 Å². The number of halogens is 6. The molecule has 0 bridgehead atoms. The first kappa shape index (κ1) is 46.0. The number of carbonyl (C=O) groups excluding carboxylic acids is 2. The van der Waals surface area contributed by atoms with Crippen LogP contribution in [0.5, 0.6) is 5.75 Å². The maximum Gasteiger partial charge on any atom is 0.416 e. The van der Waals surface area contributed by atoms with E-state index in [1.807, 2.05) is 66.7 Å². The number of hydrogen-bond acceptors (Lipinski definition) is 5. The zero-order valence-corrected chi connectivity index (χ0v) is 37.6. The first-order valence-corrected chi connectivity index (χ1v) is 23.9. The monoisotopic (exact) mass is 911 g/mol. The number of nitrogens with zero attached hydrogens (tertiary/aromatic N) is 1. The minimum absolute atomic E-state index is 0.0116. The van der Waals surface area contributed by atoms with E-state index in [4.69, 9.17) is 9.16 Å². The SMILES string of the molecule is CCC/C(=C\c1ccc(O)c2ccccc12)CC[C@H]1OC[C@H]2C1=C(CO[Si](c1ccccc1)(c1ccccc1)C(C)(C)C)C[C@H]1C(=O)N(c3cc(C(F)(F)F)cc(C(F)(F)F)c3)C(=O)[C@H]12. The Morgan fingerprint density at radius 3 is 1.92 bits per heavy atom. The third-order valence-corrected chi connectivity index (χ3v) is 18.3. The maximum atomic E-state index is 14.5. The summed E-state index contributed by atoms with van der Waals surface area (Å²) in [6.07, 6.45) is -5.99. The summed E-state index contributed by atoms with van der Waals surface area (Å²) in [7, 11) is -3.17. The predicted molar refractivity (Wildman–Crippen MR) is 242 cm³/mol. The van der Waals surface area contributed by atoms with E-state index in [2.05, 4.69) is 58.0 Å². The lowest BCUT2D eigenvalue weighted by Crippen LogP contribution is -2.66. The van der Waals surface area contributed by atoms with Crippen LogP contribution in [0.3, 0.4) is 0 Å². The second-order valence-electron chi connectivity index (χ2n) is 18.4. The largest absolute Gasteiger partial charge is 0.507 e. The molecular weight excluding hydrogens is 861 g/mol. The zero-order valence-electron chi connectivity index (χ0n) is 36.6. The molecule has 1 aliphatic carbocycles. The fraction of sp³-hybridized carbons (Fsp3) is 0.346. The number of anilines is 1. The molecule has 0 unspecified atom stereocenters. The van der Waals surface area contributed by atoms with Crippen LogP contribution in [0.1, 0.15) is 76.5 Å². The van der Waals surface area contributed by atoms with Gasteiger partial charge in [0.05, 0.1) is 48.0 Å². The van der Waals surface area contributed by atoms with Crippen molar-refractivity contribution in [2.45, 2.75) is 83.3 Å². The normalized spacial score (nSPS) is 20.8. The highest BCUT2D eigenvalue weighted by Crippen LogP contribution is 2.52. The summed E-state index contributed by atoms with van der Waals surface area (Å²) in [6.45, 7) is 8.59. The molecule has 0 saturated carbocycles. The van der Waals surface area contributed by atoms with Crippen molar-refractivity contribution >= 4 is 53.0 Å². The van der Waals surface area contributed by atoms with Gasteiger partial charge in [-0.3, -0.25) is 9.59 Å².